The fourth-order valence-corrected chi connectivity index (χ4v) is 4.74. The molecule has 2 aromatic carbocycles. The molecule has 0 saturated heterocycles. The summed E-state index contributed by atoms with van der Waals surface area (Å²) in [4.78, 5) is 0. The van der Waals surface area contributed by atoms with Crippen molar-refractivity contribution >= 4 is 0 Å². The molecule has 1 aliphatic heterocycles. The molecule has 1 saturated carbocycles. The number of halogens is 1. The molecule has 4 rings (SSSR count). The summed E-state index contributed by atoms with van der Waals surface area (Å²) in [6.45, 7) is 5.41. The van der Waals surface area contributed by atoms with E-state index in [-0.39, 0.29) is 12.1 Å². The van der Waals surface area contributed by atoms with Crippen molar-refractivity contribution in [3.63, 3.8) is 0 Å². The van der Waals surface area contributed by atoms with Crippen LogP contribution in [0.5, 0.6) is 11.5 Å². The summed E-state index contributed by atoms with van der Waals surface area (Å²) in [6.07, 6.45) is 8.28. The Morgan fingerprint density at radius 1 is 1.00 bits per heavy atom. The van der Waals surface area contributed by atoms with Crippen LogP contribution in [-0.2, 0) is 11.3 Å². The highest BCUT2D eigenvalue weighted by Crippen LogP contribution is 2.39. The molecule has 1 aliphatic carbocycles. The van der Waals surface area contributed by atoms with Crippen LogP contribution in [0.2, 0.25) is 0 Å². The summed E-state index contributed by atoms with van der Waals surface area (Å²) in [5.41, 5.74) is 2.38. The molecule has 2 aliphatic rings. The van der Waals surface area contributed by atoms with E-state index in [1.54, 1.807) is 6.07 Å². The van der Waals surface area contributed by atoms with Gasteiger partial charge in [-0.05, 0) is 67.9 Å². The standard InChI is InChI=1S/C26H33FO3/c1-3-5-18-6-8-19(9-7-18)26-29-17-21-15-20(10-13-25(21)30-26)23-12-11-22(16-24(23)27)28-14-4-2/h10-13,15-16,18-19,26H,3-9,14,17H2,1-2H3. The first-order chi connectivity index (χ1) is 14.7. The number of fused-ring (bicyclic) bond motifs is 1. The van der Waals surface area contributed by atoms with Crippen molar-refractivity contribution in [1.29, 1.82) is 0 Å². The van der Waals surface area contributed by atoms with E-state index in [2.05, 4.69) is 6.92 Å². The van der Waals surface area contributed by atoms with Gasteiger partial charge in [-0.2, -0.15) is 0 Å². The lowest BCUT2D eigenvalue weighted by atomic mass is 9.79. The minimum Gasteiger partial charge on any atom is -0.494 e. The van der Waals surface area contributed by atoms with Crippen LogP contribution < -0.4 is 9.47 Å². The summed E-state index contributed by atoms with van der Waals surface area (Å²) < 4.78 is 32.5. The smallest absolute Gasteiger partial charge is 0.203 e. The van der Waals surface area contributed by atoms with Crippen molar-refractivity contribution in [3.05, 3.63) is 47.8 Å². The van der Waals surface area contributed by atoms with Gasteiger partial charge in [0.05, 0.1) is 13.2 Å². The van der Waals surface area contributed by atoms with Crippen LogP contribution in [0.4, 0.5) is 4.39 Å². The summed E-state index contributed by atoms with van der Waals surface area (Å²) >= 11 is 0. The Labute approximate surface area is 179 Å². The Bertz CT molecular complexity index is 842. The molecule has 1 atom stereocenters. The summed E-state index contributed by atoms with van der Waals surface area (Å²) in [6, 6.07) is 10.9. The van der Waals surface area contributed by atoms with Gasteiger partial charge in [0.25, 0.3) is 0 Å². The first-order valence-electron chi connectivity index (χ1n) is 11.5. The Hall–Kier alpha value is -2.07. The maximum atomic E-state index is 14.6. The third-order valence-electron chi connectivity index (χ3n) is 6.40. The van der Waals surface area contributed by atoms with E-state index in [1.165, 1.54) is 44.6 Å². The van der Waals surface area contributed by atoms with Crippen molar-refractivity contribution < 1.29 is 18.6 Å². The number of hydrogen-bond acceptors (Lipinski definition) is 3. The van der Waals surface area contributed by atoms with Gasteiger partial charge in [0, 0.05) is 23.1 Å². The van der Waals surface area contributed by atoms with E-state index >= 15 is 0 Å². The topological polar surface area (TPSA) is 27.7 Å². The van der Waals surface area contributed by atoms with Gasteiger partial charge in [-0.3, -0.25) is 0 Å². The van der Waals surface area contributed by atoms with Gasteiger partial charge in [-0.1, -0.05) is 32.8 Å². The Morgan fingerprint density at radius 2 is 1.83 bits per heavy atom. The predicted molar refractivity (Wildman–Crippen MR) is 117 cm³/mol. The number of rotatable bonds is 7. The lowest BCUT2D eigenvalue weighted by molar-refractivity contribution is -0.148. The van der Waals surface area contributed by atoms with Gasteiger partial charge in [0.1, 0.15) is 17.3 Å². The van der Waals surface area contributed by atoms with Crippen molar-refractivity contribution in [1.82, 2.24) is 0 Å². The monoisotopic (exact) mass is 412 g/mol. The largest absolute Gasteiger partial charge is 0.494 e. The number of hydrogen-bond donors (Lipinski definition) is 0. The second-order valence-corrected chi connectivity index (χ2v) is 8.68. The molecule has 0 amide bonds. The lowest BCUT2D eigenvalue weighted by Crippen LogP contribution is -2.35. The minimum absolute atomic E-state index is 0.155. The molecule has 0 N–H and O–H groups in total. The van der Waals surface area contributed by atoms with Crippen LogP contribution >= 0.6 is 0 Å². The normalized spacial score (nSPS) is 23.5. The van der Waals surface area contributed by atoms with Crippen LogP contribution in [0.1, 0.15) is 64.4 Å². The third kappa shape index (κ3) is 4.80. The lowest BCUT2D eigenvalue weighted by Gasteiger charge is -2.36. The summed E-state index contributed by atoms with van der Waals surface area (Å²) in [7, 11) is 0. The highest BCUT2D eigenvalue weighted by Gasteiger charge is 2.32. The molecule has 0 spiro atoms. The molecule has 162 valence electrons. The van der Waals surface area contributed by atoms with Crippen molar-refractivity contribution in [2.45, 2.75) is 71.7 Å². The molecule has 1 heterocycles. The predicted octanol–water partition coefficient (Wildman–Crippen LogP) is 7.12. The average Bonchev–Trinajstić information content (AvgIpc) is 2.78. The zero-order valence-electron chi connectivity index (χ0n) is 18.2. The number of ether oxygens (including phenoxy) is 3. The molecule has 0 radical (unpaired) electrons. The van der Waals surface area contributed by atoms with Gasteiger partial charge >= 0.3 is 0 Å². The van der Waals surface area contributed by atoms with Gasteiger partial charge in [0.15, 0.2) is 0 Å². The van der Waals surface area contributed by atoms with Crippen LogP contribution in [0.25, 0.3) is 11.1 Å². The molecule has 1 fully saturated rings. The summed E-state index contributed by atoms with van der Waals surface area (Å²) in [5.74, 6) is 2.51. The quantitative estimate of drug-likeness (QED) is 0.484. The highest BCUT2D eigenvalue weighted by atomic mass is 19.1. The molecule has 30 heavy (non-hydrogen) atoms. The fourth-order valence-electron chi connectivity index (χ4n) is 4.74. The fraction of sp³-hybridized carbons (Fsp3) is 0.538. The van der Waals surface area contributed by atoms with Gasteiger partial charge in [0.2, 0.25) is 6.29 Å². The van der Waals surface area contributed by atoms with Crippen molar-refractivity contribution in [2.75, 3.05) is 6.61 Å². The van der Waals surface area contributed by atoms with Gasteiger partial charge < -0.3 is 14.2 Å². The zero-order valence-corrected chi connectivity index (χ0v) is 18.2. The van der Waals surface area contributed by atoms with E-state index in [4.69, 9.17) is 14.2 Å². The molecule has 1 unspecified atom stereocenters. The first kappa shape index (κ1) is 21.2. The molecular formula is C26H33FO3. The molecule has 4 heteroatoms. The van der Waals surface area contributed by atoms with E-state index in [0.717, 1.165) is 29.2 Å². The van der Waals surface area contributed by atoms with Gasteiger partial charge in [-0.25, -0.2) is 4.39 Å². The molecule has 2 aromatic rings. The SMILES string of the molecule is CCCOc1ccc(-c2ccc3c(c2)COC(C2CCC(CCC)CC2)O3)c(F)c1. The minimum atomic E-state index is -0.275. The Balaban J connectivity index is 1.42. The second kappa shape index (κ2) is 9.82. The third-order valence-corrected chi connectivity index (χ3v) is 6.40. The maximum absolute atomic E-state index is 14.6. The van der Waals surface area contributed by atoms with E-state index < -0.39 is 0 Å². The molecule has 3 nitrogen and oxygen atoms in total. The first-order valence-corrected chi connectivity index (χ1v) is 11.5. The maximum Gasteiger partial charge on any atom is 0.203 e. The zero-order chi connectivity index (χ0) is 20.9. The van der Waals surface area contributed by atoms with E-state index in [1.807, 2.05) is 31.2 Å². The highest BCUT2D eigenvalue weighted by molar-refractivity contribution is 5.67. The number of benzene rings is 2. The van der Waals surface area contributed by atoms with Crippen molar-refractivity contribution in [2.24, 2.45) is 11.8 Å². The average molecular weight is 413 g/mol. The van der Waals surface area contributed by atoms with Crippen molar-refractivity contribution in [3.8, 4) is 22.6 Å². The van der Waals surface area contributed by atoms with Gasteiger partial charge in [-0.15, -0.1) is 0 Å². The van der Waals surface area contributed by atoms with Crippen LogP contribution in [0.15, 0.2) is 36.4 Å². The van der Waals surface area contributed by atoms with Crippen LogP contribution in [-0.4, -0.2) is 12.9 Å². The van der Waals surface area contributed by atoms with E-state index in [9.17, 15) is 4.39 Å². The Morgan fingerprint density at radius 3 is 2.57 bits per heavy atom. The molecular weight excluding hydrogens is 379 g/mol. The molecule has 0 bridgehead atoms. The van der Waals surface area contributed by atoms with Crippen LogP contribution in [0, 0.1) is 17.7 Å². The van der Waals surface area contributed by atoms with Crippen LogP contribution in [0.3, 0.4) is 0 Å². The second-order valence-electron chi connectivity index (χ2n) is 8.68. The van der Waals surface area contributed by atoms with E-state index in [0.29, 0.717) is 30.4 Å². The Kier molecular flexibility index (Phi) is 6.93. The summed E-state index contributed by atoms with van der Waals surface area (Å²) in [5, 5.41) is 0. The molecule has 0 aromatic heterocycles.